The molecule has 0 bridgehead atoms. The van der Waals surface area contributed by atoms with E-state index in [1.54, 1.807) is 0 Å². The highest BCUT2D eigenvalue weighted by Gasteiger charge is 2.36. The van der Waals surface area contributed by atoms with E-state index < -0.39 is 19.8 Å². The molecule has 5 atom stereocenters. The molecular formula is C12H25O5P. The quantitative estimate of drug-likeness (QED) is 0.647. The molecule has 108 valence electrons. The summed E-state index contributed by atoms with van der Waals surface area (Å²) in [5.74, 6) is 0.0911. The zero-order valence-electron chi connectivity index (χ0n) is 11.2. The van der Waals surface area contributed by atoms with Crippen LogP contribution in [-0.4, -0.2) is 39.6 Å². The largest absolute Gasteiger partial charge is 0.390 e. The minimum atomic E-state index is -3.47. The van der Waals surface area contributed by atoms with E-state index in [4.69, 9.17) is 4.52 Å². The predicted octanol–water partition coefficient (Wildman–Crippen LogP) is 1.90. The summed E-state index contributed by atoms with van der Waals surface area (Å²) in [4.78, 5) is 9.69. The van der Waals surface area contributed by atoms with Crippen molar-refractivity contribution in [1.82, 2.24) is 0 Å². The number of aliphatic hydroxyl groups is 2. The highest BCUT2D eigenvalue weighted by Crippen LogP contribution is 2.54. The van der Waals surface area contributed by atoms with Crippen LogP contribution in [0.25, 0.3) is 0 Å². The molecule has 0 amide bonds. The van der Waals surface area contributed by atoms with Gasteiger partial charge in [0, 0.05) is 0 Å². The van der Waals surface area contributed by atoms with Crippen LogP contribution in [0.5, 0.6) is 0 Å². The van der Waals surface area contributed by atoms with E-state index in [1.165, 1.54) is 0 Å². The van der Waals surface area contributed by atoms with Gasteiger partial charge in [0.15, 0.2) is 0 Å². The van der Waals surface area contributed by atoms with Crippen LogP contribution in [0.4, 0.5) is 0 Å². The first-order valence-corrected chi connectivity index (χ1v) is 8.34. The van der Waals surface area contributed by atoms with E-state index in [0.717, 1.165) is 6.42 Å². The monoisotopic (exact) mass is 280 g/mol. The van der Waals surface area contributed by atoms with E-state index in [0.29, 0.717) is 32.3 Å². The Kier molecular flexibility index (Phi) is 6.28. The molecule has 0 aromatic rings. The SMILES string of the molecule is CC[C@@H](O)[C@@H](O)C[C@H](C)CC1CCCOP1(=O)O. The molecule has 1 saturated heterocycles. The molecule has 3 N–H and O–H groups in total. The van der Waals surface area contributed by atoms with Crippen molar-refractivity contribution in [3.05, 3.63) is 0 Å². The van der Waals surface area contributed by atoms with Gasteiger partial charge in [0.1, 0.15) is 0 Å². The fourth-order valence-corrected chi connectivity index (χ4v) is 4.17. The number of hydrogen-bond donors (Lipinski definition) is 3. The zero-order chi connectivity index (χ0) is 13.8. The molecule has 1 heterocycles. The maximum absolute atomic E-state index is 11.8. The van der Waals surface area contributed by atoms with Crippen LogP contribution in [0.15, 0.2) is 0 Å². The molecule has 6 heteroatoms. The second-order valence-electron chi connectivity index (χ2n) is 5.31. The maximum atomic E-state index is 11.8. The van der Waals surface area contributed by atoms with Crippen molar-refractivity contribution in [2.75, 3.05) is 6.61 Å². The molecule has 0 saturated carbocycles. The van der Waals surface area contributed by atoms with Gasteiger partial charge in [0.25, 0.3) is 0 Å². The van der Waals surface area contributed by atoms with Crippen molar-refractivity contribution >= 4 is 7.60 Å². The Morgan fingerprint density at radius 2 is 2.06 bits per heavy atom. The van der Waals surface area contributed by atoms with Gasteiger partial charge in [-0.3, -0.25) is 4.57 Å². The van der Waals surface area contributed by atoms with Crippen LogP contribution < -0.4 is 0 Å². The summed E-state index contributed by atoms with van der Waals surface area (Å²) < 4.78 is 16.7. The van der Waals surface area contributed by atoms with Gasteiger partial charge in [-0.05, 0) is 38.0 Å². The Bertz CT molecular complexity index is 296. The highest BCUT2D eigenvalue weighted by atomic mass is 31.2. The average Bonchev–Trinajstić information content (AvgIpc) is 2.30. The van der Waals surface area contributed by atoms with E-state index in [9.17, 15) is 19.7 Å². The van der Waals surface area contributed by atoms with Gasteiger partial charge in [-0.1, -0.05) is 13.8 Å². The number of aliphatic hydroxyl groups excluding tert-OH is 2. The molecule has 1 fully saturated rings. The van der Waals surface area contributed by atoms with E-state index >= 15 is 0 Å². The molecule has 0 spiro atoms. The second kappa shape index (κ2) is 7.01. The van der Waals surface area contributed by atoms with Crippen molar-refractivity contribution in [3.63, 3.8) is 0 Å². The third-order valence-corrected chi connectivity index (χ3v) is 5.54. The summed E-state index contributed by atoms with van der Waals surface area (Å²) in [6, 6.07) is 0. The van der Waals surface area contributed by atoms with Gasteiger partial charge in [0.05, 0.1) is 24.5 Å². The standard InChI is InChI=1S/C12H25O5P/c1-3-11(13)12(14)8-9(2)7-10-5-4-6-17-18(10,15)16/h9-14H,3-8H2,1-2H3,(H,15,16)/t9-,10?,11-,12+/m1/s1. The Morgan fingerprint density at radius 3 is 2.61 bits per heavy atom. The Balaban J connectivity index is 2.44. The molecule has 0 radical (unpaired) electrons. The third-order valence-electron chi connectivity index (χ3n) is 3.60. The van der Waals surface area contributed by atoms with Gasteiger partial charge in [-0.2, -0.15) is 0 Å². The van der Waals surface area contributed by atoms with Crippen molar-refractivity contribution in [3.8, 4) is 0 Å². The molecule has 0 aliphatic carbocycles. The molecule has 5 nitrogen and oxygen atoms in total. The van der Waals surface area contributed by atoms with E-state index in [2.05, 4.69) is 0 Å². The van der Waals surface area contributed by atoms with Crippen LogP contribution in [0.1, 0.15) is 46.0 Å². The van der Waals surface area contributed by atoms with Gasteiger partial charge in [-0.25, -0.2) is 0 Å². The zero-order valence-corrected chi connectivity index (χ0v) is 12.1. The van der Waals surface area contributed by atoms with Crippen molar-refractivity contribution in [2.45, 2.75) is 63.8 Å². The average molecular weight is 280 g/mol. The Labute approximate surface area is 109 Å². The first kappa shape index (κ1) is 16.1. The lowest BCUT2D eigenvalue weighted by Gasteiger charge is -2.30. The molecule has 1 aliphatic heterocycles. The molecule has 18 heavy (non-hydrogen) atoms. The van der Waals surface area contributed by atoms with Crippen LogP contribution in [0, 0.1) is 5.92 Å². The van der Waals surface area contributed by atoms with E-state index in [1.807, 2.05) is 13.8 Å². The van der Waals surface area contributed by atoms with Crippen LogP contribution in [0.3, 0.4) is 0 Å². The lowest BCUT2D eigenvalue weighted by molar-refractivity contribution is 0.00356. The van der Waals surface area contributed by atoms with Crippen LogP contribution >= 0.6 is 7.60 Å². The highest BCUT2D eigenvalue weighted by molar-refractivity contribution is 7.53. The van der Waals surface area contributed by atoms with Crippen LogP contribution in [0.2, 0.25) is 0 Å². The summed E-state index contributed by atoms with van der Waals surface area (Å²) in [6.07, 6.45) is 1.56. The summed E-state index contributed by atoms with van der Waals surface area (Å²) >= 11 is 0. The Hall–Kier alpha value is 0.0700. The number of hydrogen-bond acceptors (Lipinski definition) is 4. The molecule has 1 aliphatic rings. The van der Waals surface area contributed by atoms with Crippen molar-refractivity contribution < 1.29 is 24.2 Å². The van der Waals surface area contributed by atoms with Crippen LogP contribution in [-0.2, 0) is 9.09 Å². The smallest absolute Gasteiger partial charge is 0.331 e. The minimum Gasteiger partial charge on any atom is -0.390 e. The molecular weight excluding hydrogens is 255 g/mol. The molecule has 1 rings (SSSR count). The first-order valence-electron chi connectivity index (χ1n) is 6.70. The van der Waals surface area contributed by atoms with Gasteiger partial charge >= 0.3 is 7.60 Å². The topological polar surface area (TPSA) is 87.0 Å². The van der Waals surface area contributed by atoms with Gasteiger partial charge in [-0.15, -0.1) is 0 Å². The summed E-state index contributed by atoms with van der Waals surface area (Å²) in [6.45, 7) is 4.10. The lowest BCUT2D eigenvalue weighted by atomic mass is 9.94. The predicted molar refractivity (Wildman–Crippen MR) is 69.5 cm³/mol. The fourth-order valence-electron chi connectivity index (χ4n) is 2.44. The van der Waals surface area contributed by atoms with Gasteiger partial charge < -0.3 is 19.6 Å². The van der Waals surface area contributed by atoms with E-state index in [-0.39, 0.29) is 11.6 Å². The summed E-state index contributed by atoms with van der Waals surface area (Å²) in [5, 5.41) is 19.2. The molecule has 2 unspecified atom stereocenters. The second-order valence-corrected chi connectivity index (χ2v) is 7.43. The van der Waals surface area contributed by atoms with Gasteiger partial charge in [0.2, 0.25) is 0 Å². The van der Waals surface area contributed by atoms with Crippen molar-refractivity contribution in [1.29, 1.82) is 0 Å². The first-order chi connectivity index (χ1) is 8.36. The van der Waals surface area contributed by atoms with Crippen molar-refractivity contribution in [2.24, 2.45) is 5.92 Å². The normalized spacial score (nSPS) is 33.9. The summed E-state index contributed by atoms with van der Waals surface area (Å²) in [7, 11) is -3.47. The fraction of sp³-hybridized carbons (Fsp3) is 1.00. The molecule has 0 aromatic carbocycles. The lowest BCUT2D eigenvalue weighted by Crippen LogP contribution is -2.28. The number of rotatable bonds is 6. The minimum absolute atomic E-state index is 0.0911. The maximum Gasteiger partial charge on any atom is 0.331 e. The molecule has 0 aromatic heterocycles. The third kappa shape index (κ3) is 4.63. The Morgan fingerprint density at radius 1 is 1.39 bits per heavy atom. The summed E-state index contributed by atoms with van der Waals surface area (Å²) in [5.41, 5.74) is -0.327.